The zero-order valence-electron chi connectivity index (χ0n) is 7.81. The molecular weight excluding hydrogens is 152 g/mol. The highest BCUT2D eigenvalue weighted by molar-refractivity contribution is 8.00. The molecule has 2 unspecified atom stereocenters. The zero-order chi connectivity index (χ0) is 8.11. The number of hydrogen-bond donors (Lipinski definition) is 0. The van der Waals surface area contributed by atoms with Crippen LogP contribution in [0.15, 0.2) is 0 Å². The molecule has 0 N–H and O–H groups in total. The van der Waals surface area contributed by atoms with Crippen molar-refractivity contribution in [1.82, 2.24) is 0 Å². The lowest BCUT2D eigenvalue weighted by molar-refractivity contribution is 0.120. The van der Waals surface area contributed by atoms with E-state index in [1.165, 1.54) is 25.0 Å². The third kappa shape index (κ3) is 1.22. The number of hydrogen-bond acceptors (Lipinski definition) is 1. The van der Waals surface area contributed by atoms with E-state index in [-0.39, 0.29) is 0 Å². The number of fused-ring (bicyclic) bond motifs is 3. The minimum Gasteiger partial charge on any atom is -0.155 e. The first-order valence-corrected chi connectivity index (χ1v) is 5.64. The minimum atomic E-state index is 0.637. The van der Waals surface area contributed by atoms with Gasteiger partial charge in [-0.05, 0) is 36.3 Å². The van der Waals surface area contributed by atoms with Crippen LogP contribution in [0, 0.1) is 11.3 Å². The fraction of sp³-hybridized carbons (Fsp3) is 1.00. The molecule has 1 heteroatoms. The standard InChI is InChI=1S/C10H18S/c1-9(2)7-10(3)5-4-8(9)6-11-10/h8H,4-7H2,1-3H3. The summed E-state index contributed by atoms with van der Waals surface area (Å²) in [4.78, 5) is 0. The van der Waals surface area contributed by atoms with Crippen LogP contribution in [0.25, 0.3) is 0 Å². The van der Waals surface area contributed by atoms with E-state index in [0.717, 1.165) is 5.92 Å². The van der Waals surface area contributed by atoms with Crippen molar-refractivity contribution in [2.45, 2.75) is 44.8 Å². The molecule has 0 aromatic carbocycles. The average Bonchev–Trinajstić information content (AvgIpc) is 1.84. The van der Waals surface area contributed by atoms with Crippen molar-refractivity contribution >= 4 is 11.8 Å². The fourth-order valence-electron chi connectivity index (χ4n) is 2.80. The van der Waals surface area contributed by atoms with Gasteiger partial charge in [-0.2, -0.15) is 11.8 Å². The molecule has 2 heterocycles. The molecule has 2 atom stereocenters. The van der Waals surface area contributed by atoms with Crippen LogP contribution >= 0.6 is 11.8 Å². The smallest absolute Gasteiger partial charge is 0.0137 e. The lowest BCUT2D eigenvalue weighted by Gasteiger charge is -2.53. The summed E-state index contributed by atoms with van der Waals surface area (Å²) in [6, 6.07) is 0. The van der Waals surface area contributed by atoms with Crippen LogP contribution in [0.5, 0.6) is 0 Å². The molecule has 11 heavy (non-hydrogen) atoms. The Morgan fingerprint density at radius 3 is 2.27 bits per heavy atom. The molecule has 64 valence electrons. The Kier molecular flexibility index (Phi) is 1.58. The maximum Gasteiger partial charge on any atom is 0.0137 e. The molecule has 3 fully saturated rings. The molecule has 2 saturated heterocycles. The largest absolute Gasteiger partial charge is 0.155 e. The second-order valence-corrected chi connectivity index (χ2v) is 6.77. The monoisotopic (exact) mass is 170 g/mol. The van der Waals surface area contributed by atoms with Gasteiger partial charge in [0.25, 0.3) is 0 Å². The van der Waals surface area contributed by atoms with Crippen molar-refractivity contribution in [3.05, 3.63) is 0 Å². The van der Waals surface area contributed by atoms with Crippen molar-refractivity contribution in [3.8, 4) is 0 Å². The van der Waals surface area contributed by atoms with Gasteiger partial charge in [0.15, 0.2) is 0 Å². The van der Waals surface area contributed by atoms with Crippen LogP contribution in [-0.4, -0.2) is 10.5 Å². The predicted octanol–water partition coefficient (Wildman–Crippen LogP) is 3.32. The lowest BCUT2D eigenvalue weighted by Crippen LogP contribution is -2.46. The third-order valence-corrected chi connectivity index (χ3v) is 5.20. The molecule has 1 aliphatic carbocycles. The van der Waals surface area contributed by atoms with Crippen molar-refractivity contribution < 1.29 is 0 Å². The molecule has 0 amide bonds. The Morgan fingerprint density at radius 1 is 1.27 bits per heavy atom. The van der Waals surface area contributed by atoms with Crippen LogP contribution in [0.1, 0.15) is 40.0 Å². The Hall–Kier alpha value is 0.350. The summed E-state index contributed by atoms with van der Waals surface area (Å²) < 4.78 is 0.637. The van der Waals surface area contributed by atoms with Gasteiger partial charge in [-0.1, -0.05) is 20.8 Å². The van der Waals surface area contributed by atoms with Gasteiger partial charge in [0.1, 0.15) is 0 Å². The molecule has 0 radical (unpaired) electrons. The van der Waals surface area contributed by atoms with Gasteiger partial charge >= 0.3 is 0 Å². The summed E-state index contributed by atoms with van der Waals surface area (Å²) in [5.74, 6) is 2.43. The van der Waals surface area contributed by atoms with Crippen LogP contribution in [-0.2, 0) is 0 Å². The molecule has 2 bridgehead atoms. The molecular formula is C10H18S. The maximum absolute atomic E-state index is 2.45. The van der Waals surface area contributed by atoms with Gasteiger partial charge in [-0.25, -0.2) is 0 Å². The molecule has 1 saturated carbocycles. The first-order valence-electron chi connectivity index (χ1n) is 4.66. The van der Waals surface area contributed by atoms with E-state index in [9.17, 15) is 0 Å². The molecule has 2 aliphatic heterocycles. The van der Waals surface area contributed by atoms with E-state index >= 15 is 0 Å². The fourth-order valence-corrected chi connectivity index (χ4v) is 4.76. The molecule has 0 aromatic rings. The van der Waals surface area contributed by atoms with E-state index < -0.39 is 0 Å². The van der Waals surface area contributed by atoms with Crippen LogP contribution in [0.4, 0.5) is 0 Å². The average molecular weight is 170 g/mol. The van der Waals surface area contributed by atoms with Gasteiger partial charge in [-0.15, -0.1) is 0 Å². The van der Waals surface area contributed by atoms with E-state index in [2.05, 4.69) is 32.5 Å². The summed E-state index contributed by atoms with van der Waals surface area (Å²) in [6.45, 7) is 7.36. The molecule has 0 nitrogen and oxygen atoms in total. The van der Waals surface area contributed by atoms with Crippen LogP contribution in [0.2, 0.25) is 0 Å². The first kappa shape index (κ1) is 7.97. The van der Waals surface area contributed by atoms with E-state index in [4.69, 9.17) is 0 Å². The van der Waals surface area contributed by atoms with Gasteiger partial charge in [0, 0.05) is 4.75 Å². The van der Waals surface area contributed by atoms with Crippen molar-refractivity contribution in [2.75, 3.05) is 5.75 Å². The van der Waals surface area contributed by atoms with Gasteiger partial charge in [-0.3, -0.25) is 0 Å². The summed E-state index contributed by atoms with van der Waals surface area (Å²) >= 11 is 2.22. The molecule has 0 spiro atoms. The summed E-state index contributed by atoms with van der Waals surface area (Å²) in [5, 5.41) is 0. The summed E-state index contributed by atoms with van der Waals surface area (Å²) in [6.07, 6.45) is 4.39. The Labute approximate surface area is 74.1 Å². The third-order valence-electron chi connectivity index (χ3n) is 3.59. The Bertz CT molecular complexity index is 161. The summed E-state index contributed by atoms with van der Waals surface area (Å²) in [5.41, 5.74) is 0.637. The Morgan fingerprint density at radius 2 is 2.00 bits per heavy atom. The molecule has 3 aliphatic rings. The Balaban J connectivity index is 2.22. The quantitative estimate of drug-likeness (QED) is 0.537. The van der Waals surface area contributed by atoms with E-state index in [0.29, 0.717) is 10.2 Å². The van der Waals surface area contributed by atoms with Crippen molar-refractivity contribution in [1.29, 1.82) is 0 Å². The second-order valence-electron chi connectivity index (χ2n) is 5.16. The predicted molar refractivity (Wildman–Crippen MR) is 52.0 cm³/mol. The van der Waals surface area contributed by atoms with Crippen LogP contribution in [0.3, 0.4) is 0 Å². The normalized spacial score (nSPS) is 47.7. The second kappa shape index (κ2) is 2.18. The lowest BCUT2D eigenvalue weighted by atomic mass is 9.65. The zero-order valence-corrected chi connectivity index (χ0v) is 8.63. The topological polar surface area (TPSA) is 0 Å². The summed E-state index contributed by atoms with van der Waals surface area (Å²) in [7, 11) is 0. The number of rotatable bonds is 0. The van der Waals surface area contributed by atoms with E-state index in [1.54, 1.807) is 0 Å². The van der Waals surface area contributed by atoms with Crippen molar-refractivity contribution in [2.24, 2.45) is 11.3 Å². The number of thioether (sulfide) groups is 1. The van der Waals surface area contributed by atoms with E-state index in [1.807, 2.05) is 0 Å². The highest BCUT2D eigenvalue weighted by Gasteiger charge is 2.47. The highest BCUT2D eigenvalue weighted by Crippen LogP contribution is 2.57. The maximum atomic E-state index is 2.45. The minimum absolute atomic E-state index is 0.637. The van der Waals surface area contributed by atoms with Gasteiger partial charge in [0.2, 0.25) is 0 Å². The molecule has 3 rings (SSSR count). The first-order chi connectivity index (χ1) is 5.02. The SMILES string of the molecule is CC12CCC(CS1)C(C)(C)C2. The van der Waals surface area contributed by atoms with Gasteiger partial charge in [0.05, 0.1) is 0 Å². The highest BCUT2D eigenvalue weighted by atomic mass is 32.2. The van der Waals surface area contributed by atoms with Crippen LogP contribution < -0.4 is 0 Å². The van der Waals surface area contributed by atoms with Gasteiger partial charge < -0.3 is 0 Å². The van der Waals surface area contributed by atoms with Crippen molar-refractivity contribution in [3.63, 3.8) is 0 Å². The molecule has 0 aromatic heterocycles.